The molecule has 0 unspecified atom stereocenters. The zero-order valence-corrected chi connectivity index (χ0v) is 12.2. The van der Waals surface area contributed by atoms with Crippen molar-refractivity contribution in [2.24, 2.45) is 5.73 Å². The first-order valence-corrected chi connectivity index (χ1v) is 7.44. The van der Waals surface area contributed by atoms with E-state index < -0.39 is 0 Å². The lowest BCUT2D eigenvalue weighted by Gasteiger charge is -1.99. The van der Waals surface area contributed by atoms with Gasteiger partial charge in [-0.05, 0) is 37.9 Å². The molecule has 0 amide bonds. The molecule has 0 spiro atoms. The van der Waals surface area contributed by atoms with E-state index in [9.17, 15) is 0 Å². The predicted molar refractivity (Wildman–Crippen MR) is 79.6 cm³/mol. The van der Waals surface area contributed by atoms with Gasteiger partial charge in [-0.1, -0.05) is 29.3 Å². The van der Waals surface area contributed by atoms with Gasteiger partial charge in [0.1, 0.15) is 0 Å². The number of aromatic nitrogens is 1. The lowest BCUT2D eigenvalue weighted by Crippen LogP contribution is -1.98. The Morgan fingerprint density at radius 2 is 2.00 bits per heavy atom. The minimum atomic E-state index is 0.562. The van der Waals surface area contributed by atoms with Crippen molar-refractivity contribution in [3.8, 4) is 11.3 Å². The second kappa shape index (κ2) is 6.53. The summed E-state index contributed by atoms with van der Waals surface area (Å²) < 4.78 is 0. The van der Waals surface area contributed by atoms with Crippen LogP contribution in [-0.2, 0) is 6.42 Å². The average Bonchev–Trinajstić information content (AvgIpc) is 2.82. The van der Waals surface area contributed by atoms with Crippen LogP contribution in [0.2, 0.25) is 10.0 Å². The third-order valence-corrected chi connectivity index (χ3v) is 4.26. The number of nitrogens with zero attached hydrogens (tertiary/aromatic N) is 1. The summed E-state index contributed by atoms with van der Waals surface area (Å²) >= 11 is 13.6. The Kier molecular flexibility index (Phi) is 5.01. The SMILES string of the molecule is NCCCCc1nc(-c2ccc(Cl)c(Cl)c2)cs1. The highest BCUT2D eigenvalue weighted by Crippen LogP contribution is 2.29. The molecule has 1 aromatic carbocycles. The van der Waals surface area contributed by atoms with Crippen LogP contribution in [0.4, 0.5) is 0 Å². The summed E-state index contributed by atoms with van der Waals surface area (Å²) in [5, 5.41) is 4.33. The Morgan fingerprint density at radius 1 is 1.17 bits per heavy atom. The van der Waals surface area contributed by atoms with Crippen LogP contribution in [-0.4, -0.2) is 11.5 Å². The van der Waals surface area contributed by atoms with Crippen LogP contribution in [0.25, 0.3) is 11.3 Å². The number of rotatable bonds is 5. The molecule has 2 rings (SSSR count). The van der Waals surface area contributed by atoms with Crippen molar-refractivity contribution in [3.05, 3.63) is 38.6 Å². The van der Waals surface area contributed by atoms with E-state index in [4.69, 9.17) is 28.9 Å². The van der Waals surface area contributed by atoms with Crippen molar-refractivity contribution in [1.82, 2.24) is 4.98 Å². The molecule has 0 atom stereocenters. The van der Waals surface area contributed by atoms with Crippen molar-refractivity contribution in [2.45, 2.75) is 19.3 Å². The van der Waals surface area contributed by atoms with Gasteiger partial charge in [-0.15, -0.1) is 11.3 Å². The maximum atomic E-state index is 6.00. The fourth-order valence-corrected chi connectivity index (χ4v) is 2.78. The van der Waals surface area contributed by atoms with Crippen molar-refractivity contribution in [2.75, 3.05) is 6.54 Å². The van der Waals surface area contributed by atoms with E-state index in [1.54, 1.807) is 17.4 Å². The number of thiazole rings is 1. The van der Waals surface area contributed by atoms with E-state index in [0.29, 0.717) is 10.0 Å². The first-order valence-electron chi connectivity index (χ1n) is 5.80. The lowest BCUT2D eigenvalue weighted by atomic mass is 10.2. The number of halogens is 2. The zero-order chi connectivity index (χ0) is 13.0. The molecule has 2 aromatic rings. The highest BCUT2D eigenvalue weighted by molar-refractivity contribution is 7.09. The fraction of sp³-hybridized carbons (Fsp3) is 0.308. The van der Waals surface area contributed by atoms with Gasteiger partial charge in [0, 0.05) is 10.9 Å². The summed E-state index contributed by atoms with van der Waals surface area (Å²) in [6.07, 6.45) is 3.12. The first kappa shape index (κ1) is 13.8. The number of hydrogen-bond donors (Lipinski definition) is 1. The molecular weight excluding hydrogens is 287 g/mol. The van der Waals surface area contributed by atoms with Crippen LogP contribution >= 0.6 is 34.5 Å². The molecule has 0 bridgehead atoms. The highest BCUT2D eigenvalue weighted by Gasteiger charge is 2.06. The number of hydrogen-bond acceptors (Lipinski definition) is 3. The number of aryl methyl sites for hydroxylation is 1. The molecule has 0 saturated heterocycles. The topological polar surface area (TPSA) is 38.9 Å². The molecule has 0 aliphatic heterocycles. The third-order valence-electron chi connectivity index (χ3n) is 2.61. The monoisotopic (exact) mass is 300 g/mol. The van der Waals surface area contributed by atoms with Crippen molar-refractivity contribution in [3.63, 3.8) is 0 Å². The highest BCUT2D eigenvalue weighted by atomic mass is 35.5. The summed E-state index contributed by atoms with van der Waals surface area (Å²) in [7, 11) is 0. The van der Waals surface area contributed by atoms with Gasteiger partial charge in [0.15, 0.2) is 0 Å². The molecule has 1 aromatic heterocycles. The van der Waals surface area contributed by atoms with Crippen LogP contribution in [0.15, 0.2) is 23.6 Å². The van der Waals surface area contributed by atoms with Crippen LogP contribution in [0.3, 0.4) is 0 Å². The second-order valence-electron chi connectivity index (χ2n) is 4.00. The summed E-state index contributed by atoms with van der Waals surface area (Å²) in [4.78, 5) is 4.60. The average molecular weight is 301 g/mol. The quantitative estimate of drug-likeness (QED) is 0.831. The van der Waals surface area contributed by atoms with Gasteiger partial charge in [-0.25, -0.2) is 4.98 Å². The third kappa shape index (κ3) is 3.45. The van der Waals surface area contributed by atoms with Gasteiger partial charge < -0.3 is 5.73 Å². The van der Waals surface area contributed by atoms with Crippen molar-refractivity contribution in [1.29, 1.82) is 0 Å². The van der Waals surface area contributed by atoms with Crippen molar-refractivity contribution < 1.29 is 0 Å². The standard InChI is InChI=1S/C13H14Cl2N2S/c14-10-5-4-9(7-11(10)15)12-8-18-13(17-12)3-1-2-6-16/h4-5,7-8H,1-3,6,16H2. The molecule has 18 heavy (non-hydrogen) atoms. The smallest absolute Gasteiger partial charge is 0.0932 e. The van der Waals surface area contributed by atoms with Gasteiger partial charge in [0.05, 0.1) is 20.7 Å². The van der Waals surface area contributed by atoms with E-state index in [-0.39, 0.29) is 0 Å². The number of benzene rings is 1. The van der Waals surface area contributed by atoms with Gasteiger partial charge >= 0.3 is 0 Å². The minimum Gasteiger partial charge on any atom is -0.330 e. The van der Waals surface area contributed by atoms with Crippen LogP contribution < -0.4 is 5.73 Å². The van der Waals surface area contributed by atoms with E-state index in [1.807, 2.05) is 12.1 Å². The predicted octanol–water partition coefficient (Wildman–Crippen LogP) is 4.40. The Labute approximate surface area is 121 Å². The lowest BCUT2D eigenvalue weighted by molar-refractivity contribution is 0.742. The van der Waals surface area contributed by atoms with Crippen LogP contribution in [0.5, 0.6) is 0 Å². The normalized spacial score (nSPS) is 10.8. The molecule has 2 nitrogen and oxygen atoms in total. The molecule has 96 valence electrons. The van der Waals surface area contributed by atoms with Gasteiger partial charge in [-0.2, -0.15) is 0 Å². The van der Waals surface area contributed by atoms with E-state index >= 15 is 0 Å². The van der Waals surface area contributed by atoms with E-state index in [2.05, 4.69) is 10.4 Å². The molecular formula is C13H14Cl2N2S. The van der Waals surface area contributed by atoms with Crippen LogP contribution in [0.1, 0.15) is 17.8 Å². The van der Waals surface area contributed by atoms with Gasteiger partial charge in [-0.3, -0.25) is 0 Å². The number of nitrogens with two attached hydrogens (primary N) is 1. The summed E-state index contributed by atoms with van der Waals surface area (Å²) in [6.45, 7) is 0.741. The molecule has 0 aliphatic rings. The largest absolute Gasteiger partial charge is 0.330 e. The van der Waals surface area contributed by atoms with Gasteiger partial charge in [0.25, 0.3) is 0 Å². The summed E-state index contributed by atoms with van der Waals surface area (Å²) in [5.74, 6) is 0. The number of unbranched alkanes of at least 4 members (excludes halogenated alkanes) is 1. The van der Waals surface area contributed by atoms with E-state index in [1.165, 1.54) is 0 Å². The Bertz CT molecular complexity index is 525. The second-order valence-corrected chi connectivity index (χ2v) is 5.76. The molecule has 5 heteroatoms. The molecule has 0 radical (unpaired) electrons. The minimum absolute atomic E-state index is 0.562. The molecule has 0 aliphatic carbocycles. The molecule has 2 N–H and O–H groups in total. The maximum Gasteiger partial charge on any atom is 0.0932 e. The summed E-state index contributed by atoms with van der Waals surface area (Å²) in [5.41, 5.74) is 7.44. The fourth-order valence-electron chi connectivity index (χ4n) is 1.63. The van der Waals surface area contributed by atoms with Crippen LogP contribution in [0, 0.1) is 0 Å². The Balaban J connectivity index is 2.11. The van der Waals surface area contributed by atoms with Gasteiger partial charge in [0.2, 0.25) is 0 Å². The first-order chi connectivity index (χ1) is 8.70. The maximum absolute atomic E-state index is 6.00. The van der Waals surface area contributed by atoms with E-state index in [0.717, 1.165) is 42.1 Å². The summed E-state index contributed by atoms with van der Waals surface area (Å²) in [6, 6.07) is 5.59. The molecule has 0 fully saturated rings. The Hall–Kier alpha value is -0.610. The zero-order valence-electron chi connectivity index (χ0n) is 9.83. The van der Waals surface area contributed by atoms with Crippen molar-refractivity contribution >= 4 is 34.5 Å². The Morgan fingerprint density at radius 3 is 2.72 bits per heavy atom. The molecule has 0 saturated carbocycles. The molecule has 1 heterocycles.